The molecule has 7 heteroatoms. The van der Waals surface area contributed by atoms with Gasteiger partial charge in [-0.05, 0) is 55.1 Å². The topological polar surface area (TPSA) is 75.7 Å². The molecule has 3 rings (SSSR count). The van der Waals surface area contributed by atoms with Crippen molar-refractivity contribution < 1.29 is 17.9 Å². The second-order valence-electron chi connectivity index (χ2n) is 7.01. The van der Waals surface area contributed by atoms with Crippen LogP contribution in [0.5, 0.6) is 0 Å². The van der Waals surface area contributed by atoms with Gasteiger partial charge in [-0.3, -0.25) is 4.90 Å². The van der Waals surface area contributed by atoms with Gasteiger partial charge in [0.25, 0.3) is 0 Å². The fourth-order valence-corrected chi connectivity index (χ4v) is 4.54. The van der Waals surface area contributed by atoms with Crippen molar-refractivity contribution in [3.63, 3.8) is 0 Å². The Kier molecular flexibility index (Phi) is 6.49. The van der Waals surface area contributed by atoms with Gasteiger partial charge in [-0.15, -0.1) is 0 Å². The van der Waals surface area contributed by atoms with E-state index in [2.05, 4.69) is 33.9 Å². The summed E-state index contributed by atoms with van der Waals surface area (Å²) in [7, 11) is -2.39. The molecule has 0 saturated carbocycles. The number of benzene rings is 2. The monoisotopic (exact) mass is 402 g/mol. The Morgan fingerprint density at radius 3 is 2.68 bits per heavy atom. The predicted molar refractivity (Wildman–Crippen MR) is 108 cm³/mol. The third-order valence-electron chi connectivity index (χ3n) is 5.08. The van der Waals surface area contributed by atoms with Crippen LogP contribution < -0.4 is 4.72 Å². The quantitative estimate of drug-likeness (QED) is 0.569. The summed E-state index contributed by atoms with van der Waals surface area (Å²) in [6.07, 6.45) is 1.75. The third-order valence-corrected chi connectivity index (χ3v) is 6.54. The van der Waals surface area contributed by atoms with E-state index in [-0.39, 0.29) is 10.5 Å². The van der Waals surface area contributed by atoms with E-state index in [4.69, 9.17) is 4.74 Å². The SMILES string of the molecule is COC(=O)c1cc(S(=O)(=O)NCCCN2CCc3ccccc3C2)ccc1C. The first-order valence-corrected chi connectivity index (χ1v) is 10.9. The van der Waals surface area contributed by atoms with Crippen molar-refractivity contribution in [1.29, 1.82) is 0 Å². The lowest BCUT2D eigenvalue weighted by Gasteiger charge is -2.28. The number of aryl methyl sites for hydroxylation is 1. The Balaban J connectivity index is 1.54. The average molecular weight is 403 g/mol. The highest BCUT2D eigenvalue weighted by Crippen LogP contribution is 2.19. The molecule has 0 amide bonds. The number of fused-ring (bicyclic) bond motifs is 1. The molecule has 150 valence electrons. The molecular weight excluding hydrogens is 376 g/mol. The number of nitrogens with zero attached hydrogens (tertiary/aromatic N) is 1. The van der Waals surface area contributed by atoms with Crippen molar-refractivity contribution in [3.8, 4) is 0 Å². The van der Waals surface area contributed by atoms with Gasteiger partial charge in [-0.25, -0.2) is 17.9 Å². The number of sulfonamides is 1. The molecule has 1 aliphatic heterocycles. The molecular formula is C21H26N2O4S. The molecule has 0 unspecified atom stereocenters. The van der Waals surface area contributed by atoms with Crippen LogP contribution >= 0.6 is 0 Å². The van der Waals surface area contributed by atoms with Gasteiger partial charge in [-0.2, -0.15) is 0 Å². The molecule has 0 fully saturated rings. The second-order valence-corrected chi connectivity index (χ2v) is 8.78. The van der Waals surface area contributed by atoms with Crippen LogP contribution in [0.25, 0.3) is 0 Å². The van der Waals surface area contributed by atoms with Gasteiger partial charge >= 0.3 is 5.97 Å². The zero-order chi connectivity index (χ0) is 20.1. The first-order chi connectivity index (χ1) is 13.4. The van der Waals surface area contributed by atoms with Crippen LogP contribution in [-0.4, -0.2) is 46.0 Å². The minimum Gasteiger partial charge on any atom is -0.465 e. The van der Waals surface area contributed by atoms with Crippen LogP contribution in [0.3, 0.4) is 0 Å². The summed E-state index contributed by atoms with van der Waals surface area (Å²) in [5.74, 6) is -0.542. The van der Waals surface area contributed by atoms with E-state index in [9.17, 15) is 13.2 Å². The summed E-state index contributed by atoms with van der Waals surface area (Å²) in [4.78, 5) is 14.2. The number of hydrogen-bond acceptors (Lipinski definition) is 5. The number of hydrogen-bond donors (Lipinski definition) is 1. The maximum absolute atomic E-state index is 12.5. The van der Waals surface area contributed by atoms with Crippen molar-refractivity contribution in [1.82, 2.24) is 9.62 Å². The molecule has 0 saturated heterocycles. The zero-order valence-electron chi connectivity index (χ0n) is 16.3. The summed E-state index contributed by atoms with van der Waals surface area (Å²) >= 11 is 0. The summed E-state index contributed by atoms with van der Waals surface area (Å²) in [6.45, 7) is 4.82. The summed E-state index contributed by atoms with van der Waals surface area (Å²) in [5.41, 5.74) is 3.69. The highest BCUT2D eigenvalue weighted by molar-refractivity contribution is 7.89. The smallest absolute Gasteiger partial charge is 0.338 e. The number of carbonyl (C=O) groups excluding carboxylic acids is 1. The van der Waals surface area contributed by atoms with Gasteiger partial charge in [-0.1, -0.05) is 30.3 Å². The number of ether oxygens (including phenoxy) is 1. The Morgan fingerprint density at radius 2 is 1.93 bits per heavy atom. The first-order valence-electron chi connectivity index (χ1n) is 9.38. The van der Waals surface area contributed by atoms with E-state index in [1.165, 1.54) is 30.4 Å². The maximum Gasteiger partial charge on any atom is 0.338 e. The number of esters is 1. The molecule has 0 bridgehead atoms. The molecule has 28 heavy (non-hydrogen) atoms. The van der Waals surface area contributed by atoms with Crippen LogP contribution in [-0.2, 0) is 27.7 Å². The van der Waals surface area contributed by atoms with Gasteiger partial charge in [0.05, 0.1) is 17.6 Å². The van der Waals surface area contributed by atoms with Crippen molar-refractivity contribution in [3.05, 3.63) is 64.7 Å². The first kappa shape index (κ1) is 20.5. The lowest BCUT2D eigenvalue weighted by molar-refractivity contribution is 0.0599. The molecule has 0 atom stereocenters. The van der Waals surface area contributed by atoms with E-state index in [1.807, 2.05) is 0 Å². The van der Waals surface area contributed by atoms with Gasteiger partial charge in [0.2, 0.25) is 10.0 Å². The average Bonchev–Trinajstić information content (AvgIpc) is 2.70. The predicted octanol–water partition coefficient (Wildman–Crippen LogP) is 2.51. The van der Waals surface area contributed by atoms with Crippen molar-refractivity contribution >= 4 is 16.0 Å². The minimum absolute atomic E-state index is 0.0744. The number of rotatable bonds is 7. The van der Waals surface area contributed by atoms with Gasteiger partial charge in [0.15, 0.2) is 0 Å². The van der Waals surface area contributed by atoms with Gasteiger partial charge in [0, 0.05) is 19.6 Å². The van der Waals surface area contributed by atoms with E-state index in [0.717, 1.165) is 32.5 Å². The highest BCUT2D eigenvalue weighted by atomic mass is 32.2. The third kappa shape index (κ3) is 4.79. The van der Waals surface area contributed by atoms with Crippen molar-refractivity contribution in [2.45, 2.75) is 31.2 Å². The molecule has 2 aromatic carbocycles. The standard InChI is InChI=1S/C21H26N2O4S/c1-16-8-9-19(14-20(16)21(24)27-2)28(25,26)22-11-5-12-23-13-10-17-6-3-4-7-18(17)15-23/h3-4,6-9,14,22H,5,10-13,15H2,1-2H3. The molecule has 2 aromatic rings. The van der Waals surface area contributed by atoms with Crippen molar-refractivity contribution in [2.24, 2.45) is 0 Å². The normalized spacial score (nSPS) is 14.5. The molecule has 1 N–H and O–H groups in total. The largest absolute Gasteiger partial charge is 0.465 e. The second kappa shape index (κ2) is 8.86. The van der Waals surface area contributed by atoms with Crippen LogP contribution in [0.15, 0.2) is 47.4 Å². The minimum atomic E-state index is -3.67. The Labute approximate surface area is 166 Å². The molecule has 0 aromatic heterocycles. The summed E-state index contributed by atoms with van der Waals surface area (Å²) in [5, 5.41) is 0. The van der Waals surface area contributed by atoms with Gasteiger partial charge < -0.3 is 4.74 Å². The molecule has 0 aliphatic carbocycles. The fraction of sp³-hybridized carbons (Fsp3) is 0.381. The van der Waals surface area contributed by atoms with Crippen LogP contribution in [0.4, 0.5) is 0 Å². The zero-order valence-corrected chi connectivity index (χ0v) is 17.1. The molecule has 0 spiro atoms. The molecule has 1 heterocycles. The fourth-order valence-electron chi connectivity index (χ4n) is 3.44. The lowest BCUT2D eigenvalue weighted by atomic mass is 10.00. The lowest BCUT2D eigenvalue weighted by Crippen LogP contribution is -2.33. The summed E-state index contributed by atoms with van der Waals surface area (Å²) in [6, 6.07) is 12.9. The Hall–Kier alpha value is -2.22. The van der Waals surface area contributed by atoms with E-state index in [0.29, 0.717) is 12.1 Å². The Bertz CT molecular complexity index is 957. The number of carbonyl (C=O) groups is 1. The number of nitrogens with one attached hydrogen (secondary N) is 1. The van der Waals surface area contributed by atoms with E-state index >= 15 is 0 Å². The molecule has 0 radical (unpaired) electrons. The molecule has 1 aliphatic rings. The Morgan fingerprint density at radius 1 is 1.18 bits per heavy atom. The van der Waals surface area contributed by atoms with E-state index in [1.54, 1.807) is 13.0 Å². The number of methoxy groups -OCH3 is 1. The summed E-state index contributed by atoms with van der Waals surface area (Å²) < 4.78 is 32.4. The van der Waals surface area contributed by atoms with Crippen molar-refractivity contribution in [2.75, 3.05) is 26.7 Å². The van der Waals surface area contributed by atoms with Crippen LogP contribution in [0.1, 0.15) is 33.5 Å². The highest BCUT2D eigenvalue weighted by Gasteiger charge is 2.19. The molecule has 6 nitrogen and oxygen atoms in total. The van der Waals surface area contributed by atoms with Gasteiger partial charge in [0.1, 0.15) is 0 Å². The van der Waals surface area contributed by atoms with Crippen LogP contribution in [0, 0.1) is 6.92 Å². The van der Waals surface area contributed by atoms with Crippen LogP contribution in [0.2, 0.25) is 0 Å². The maximum atomic E-state index is 12.5. The van der Waals surface area contributed by atoms with E-state index < -0.39 is 16.0 Å².